The monoisotopic (exact) mass is 255 g/mol. The summed E-state index contributed by atoms with van der Waals surface area (Å²) in [6, 6.07) is -1.00. The van der Waals surface area contributed by atoms with Gasteiger partial charge in [-0.3, -0.25) is 14.4 Å². The molecule has 1 fully saturated rings. The van der Waals surface area contributed by atoms with Gasteiger partial charge in [-0.15, -0.1) is 0 Å². The minimum absolute atomic E-state index is 0.107. The Kier molecular flexibility index (Phi) is 5.27. The molecule has 1 unspecified atom stereocenters. The molecule has 102 valence electrons. The van der Waals surface area contributed by atoms with Crippen molar-refractivity contribution in [3.8, 4) is 0 Å². The van der Waals surface area contributed by atoms with Crippen molar-refractivity contribution in [3.05, 3.63) is 0 Å². The SMILES string of the molecule is CC[C@H](N)C(=O)CCC(=O)N1CCCC1C(N)=O. The normalized spacial score (nSPS) is 20.8. The topological polar surface area (TPSA) is 106 Å². The van der Waals surface area contributed by atoms with Gasteiger partial charge < -0.3 is 16.4 Å². The summed E-state index contributed by atoms with van der Waals surface area (Å²) in [5, 5.41) is 0. The van der Waals surface area contributed by atoms with Gasteiger partial charge in [0.15, 0.2) is 0 Å². The van der Waals surface area contributed by atoms with Crippen LogP contribution in [0.2, 0.25) is 0 Å². The Balaban J connectivity index is 2.46. The highest BCUT2D eigenvalue weighted by atomic mass is 16.2. The lowest BCUT2D eigenvalue weighted by atomic mass is 10.1. The Hall–Kier alpha value is -1.43. The fourth-order valence-corrected chi connectivity index (χ4v) is 2.15. The van der Waals surface area contributed by atoms with Crippen molar-refractivity contribution in [1.82, 2.24) is 4.90 Å². The Bertz CT molecular complexity index is 343. The van der Waals surface area contributed by atoms with Gasteiger partial charge in [0.05, 0.1) is 6.04 Å². The number of amides is 2. The molecule has 18 heavy (non-hydrogen) atoms. The predicted octanol–water partition coefficient (Wildman–Crippen LogP) is -0.451. The Morgan fingerprint density at radius 2 is 2.00 bits per heavy atom. The van der Waals surface area contributed by atoms with Crippen molar-refractivity contribution < 1.29 is 14.4 Å². The molecule has 0 spiro atoms. The van der Waals surface area contributed by atoms with Gasteiger partial charge in [-0.25, -0.2) is 0 Å². The van der Waals surface area contributed by atoms with Crippen LogP contribution >= 0.6 is 0 Å². The molecule has 1 aliphatic heterocycles. The molecule has 6 nitrogen and oxygen atoms in total. The minimum Gasteiger partial charge on any atom is -0.368 e. The average Bonchev–Trinajstić information content (AvgIpc) is 2.83. The Morgan fingerprint density at radius 3 is 2.56 bits per heavy atom. The second-order valence-electron chi connectivity index (χ2n) is 4.63. The smallest absolute Gasteiger partial charge is 0.240 e. The van der Waals surface area contributed by atoms with Gasteiger partial charge in [-0.05, 0) is 19.3 Å². The van der Waals surface area contributed by atoms with Gasteiger partial charge in [0.25, 0.3) is 0 Å². The molecule has 0 radical (unpaired) electrons. The number of Topliss-reactive ketones (excluding diaryl/α,β-unsaturated/α-hetero) is 1. The molecule has 0 aliphatic carbocycles. The standard InChI is InChI=1S/C12H21N3O3/c1-2-8(13)10(16)5-6-11(17)15-7-3-4-9(15)12(14)18/h8-9H,2-7,13H2,1H3,(H2,14,18)/t8-,9?/m0/s1. The second-order valence-corrected chi connectivity index (χ2v) is 4.63. The zero-order valence-corrected chi connectivity index (χ0v) is 10.7. The number of nitrogens with two attached hydrogens (primary N) is 2. The summed E-state index contributed by atoms with van der Waals surface area (Å²) in [5.74, 6) is -0.772. The molecule has 0 aromatic rings. The summed E-state index contributed by atoms with van der Waals surface area (Å²) < 4.78 is 0. The quantitative estimate of drug-likeness (QED) is 0.670. The summed E-state index contributed by atoms with van der Waals surface area (Å²) in [4.78, 5) is 36.1. The Labute approximate surface area is 107 Å². The van der Waals surface area contributed by atoms with Gasteiger partial charge >= 0.3 is 0 Å². The van der Waals surface area contributed by atoms with Gasteiger partial charge in [0.2, 0.25) is 11.8 Å². The molecule has 1 saturated heterocycles. The number of likely N-dealkylation sites (tertiary alicyclic amines) is 1. The molecule has 0 bridgehead atoms. The first kappa shape index (κ1) is 14.6. The van der Waals surface area contributed by atoms with E-state index in [-0.39, 0.29) is 24.5 Å². The summed E-state index contributed by atoms with van der Waals surface area (Å²) in [5.41, 5.74) is 10.8. The lowest BCUT2D eigenvalue weighted by Gasteiger charge is -2.22. The summed E-state index contributed by atoms with van der Waals surface area (Å²) >= 11 is 0. The van der Waals surface area contributed by atoms with Crippen LogP contribution in [-0.2, 0) is 14.4 Å². The summed E-state index contributed by atoms with van der Waals surface area (Å²) in [6.45, 7) is 2.37. The molecule has 4 N–H and O–H groups in total. The number of hydrogen-bond acceptors (Lipinski definition) is 4. The third-order valence-corrected chi connectivity index (χ3v) is 3.34. The maximum Gasteiger partial charge on any atom is 0.240 e. The second kappa shape index (κ2) is 6.49. The summed E-state index contributed by atoms with van der Waals surface area (Å²) in [6.07, 6.45) is 2.21. The third-order valence-electron chi connectivity index (χ3n) is 3.34. The van der Waals surface area contributed by atoms with E-state index in [0.717, 1.165) is 6.42 Å². The molecule has 0 aromatic heterocycles. The first-order valence-electron chi connectivity index (χ1n) is 6.34. The van der Waals surface area contributed by atoms with Gasteiger partial charge in [0, 0.05) is 19.4 Å². The van der Waals surface area contributed by atoms with E-state index in [0.29, 0.717) is 19.4 Å². The largest absolute Gasteiger partial charge is 0.368 e. The molecule has 0 aromatic carbocycles. The molecule has 2 amide bonds. The number of ketones is 1. The van der Waals surface area contributed by atoms with Crippen LogP contribution < -0.4 is 11.5 Å². The molecule has 2 atom stereocenters. The van der Waals surface area contributed by atoms with E-state index in [9.17, 15) is 14.4 Å². The maximum atomic E-state index is 11.9. The van der Waals surface area contributed by atoms with Crippen molar-refractivity contribution in [2.75, 3.05) is 6.54 Å². The van der Waals surface area contributed by atoms with E-state index in [1.807, 2.05) is 6.92 Å². The van der Waals surface area contributed by atoms with Gasteiger partial charge in [-0.1, -0.05) is 6.92 Å². The van der Waals surface area contributed by atoms with Gasteiger partial charge in [0.1, 0.15) is 11.8 Å². The van der Waals surface area contributed by atoms with Crippen LogP contribution in [0.3, 0.4) is 0 Å². The maximum absolute atomic E-state index is 11.9. The van der Waals surface area contributed by atoms with E-state index in [4.69, 9.17) is 11.5 Å². The minimum atomic E-state index is -0.507. The zero-order chi connectivity index (χ0) is 13.7. The molecule has 0 saturated carbocycles. The van der Waals surface area contributed by atoms with Crippen LogP contribution in [0.15, 0.2) is 0 Å². The number of carbonyl (C=O) groups excluding carboxylic acids is 3. The van der Waals surface area contributed by atoms with E-state index in [1.54, 1.807) is 0 Å². The fraction of sp³-hybridized carbons (Fsp3) is 0.750. The van der Waals surface area contributed by atoms with Crippen molar-refractivity contribution in [2.24, 2.45) is 11.5 Å². The zero-order valence-electron chi connectivity index (χ0n) is 10.7. The molecular weight excluding hydrogens is 234 g/mol. The lowest BCUT2D eigenvalue weighted by molar-refractivity contribution is -0.138. The number of nitrogens with zero attached hydrogens (tertiary/aromatic N) is 1. The van der Waals surface area contributed by atoms with E-state index < -0.39 is 18.0 Å². The number of carbonyl (C=O) groups is 3. The first-order valence-corrected chi connectivity index (χ1v) is 6.34. The highest BCUT2D eigenvalue weighted by Crippen LogP contribution is 2.18. The highest BCUT2D eigenvalue weighted by molar-refractivity contribution is 5.90. The lowest BCUT2D eigenvalue weighted by Crippen LogP contribution is -2.44. The van der Waals surface area contributed by atoms with Crippen LogP contribution in [-0.4, -0.2) is 41.1 Å². The van der Waals surface area contributed by atoms with E-state index in [1.165, 1.54) is 4.90 Å². The van der Waals surface area contributed by atoms with Crippen molar-refractivity contribution >= 4 is 17.6 Å². The van der Waals surface area contributed by atoms with Gasteiger partial charge in [-0.2, -0.15) is 0 Å². The highest BCUT2D eigenvalue weighted by Gasteiger charge is 2.32. The third kappa shape index (κ3) is 3.53. The first-order chi connectivity index (χ1) is 8.47. The van der Waals surface area contributed by atoms with Crippen LogP contribution in [0.1, 0.15) is 39.0 Å². The number of hydrogen-bond donors (Lipinski definition) is 2. The molecule has 1 rings (SSSR count). The summed E-state index contributed by atoms with van der Waals surface area (Å²) in [7, 11) is 0. The van der Waals surface area contributed by atoms with Crippen LogP contribution in [0.25, 0.3) is 0 Å². The Morgan fingerprint density at radius 1 is 1.33 bits per heavy atom. The number of rotatable bonds is 6. The molecular formula is C12H21N3O3. The van der Waals surface area contributed by atoms with Crippen molar-refractivity contribution in [2.45, 2.75) is 51.1 Å². The van der Waals surface area contributed by atoms with Crippen molar-refractivity contribution in [1.29, 1.82) is 0 Å². The van der Waals surface area contributed by atoms with Crippen molar-refractivity contribution in [3.63, 3.8) is 0 Å². The predicted molar refractivity (Wildman–Crippen MR) is 66.4 cm³/mol. The molecule has 1 heterocycles. The van der Waals surface area contributed by atoms with Crippen LogP contribution in [0.5, 0.6) is 0 Å². The van der Waals surface area contributed by atoms with E-state index in [2.05, 4.69) is 0 Å². The molecule has 1 aliphatic rings. The van der Waals surface area contributed by atoms with Crippen LogP contribution in [0, 0.1) is 0 Å². The fourth-order valence-electron chi connectivity index (χ4n) is 2.15. The average molecular weight is 255 g/mol. The van der Waals surface area contributed by atoms with Crippen LogP contribution in [0.4, 0.5) is 0 Å². The number of primary amides is 1. The van der Waals surface area contributed by atoms with E-state index >= 15 is 0 Å². The molecule has 6 heteroatoms.